The molecule has 1 aromatic carbocycles. The molecule has 4 rings (SSSR count). The van der Waals surface area contributed by atoms with Crippen molar-refractivity contribution in [3.8, 4) is 22.8 Å². The predicted octanol–water partition coefficient (Wildman–Crippen LogP) is 2.14. The maximum atomic E-state index is 13.4. The topological polar surface area (TPSA) is 97.6 Å². The molecule has 3 heterocycles. The van der Waals surface area contributed by atoms with E-state index in [0.29, 0.717) is 55.6 Å². The molecule has 1 aromatic heterocycles. The fraction of sp³-hybridized carbons (Fsp3) is 0.560. The fourth-order valence-electron chi connectivity index (χ4n) is 4.43. The normalized spacial score (nSPS) is 18.5. The van der Waals surface area contributed by atoms with E-state index in [0.717, 1.165) is 25.9 Å². The highest BCUT2D eigenvalue weighted by atomic mass is 16.5. The van der Waals surface area contributed by atoms with Crippen LogP contribution >= 0.6 is 0 Å². The van der Waals surface area contributed by atoms with Crippen LogP contribution in [0.2, 0.25) is 0 Å². The number of nitrogens with zero attached hydrogens (tertiary/aromatic N) is 4. The van der Waals surface area contributed by atoms with E-state index in [1.165, 1.54) is 0 Å². The Hall–Kier alpha value is -3.11. The molecule has 0 saturated carbocycles. The standard InChI is InChI=1S/C25H34N4O6/c1-27-10-12-28(13-11-27)24(30)8-9-29(17-19-5-4-14-34-19)25(31)21-16-23(35-26-21)20-15-18(32-2)6-7-22(20)33-3/h6-7,15-16,19H,4-5,8-14,17H2,1-3H3. The maximum absolute atomic E-state index is 13.4. The van der Waals surface area contributed by atoms with E-state index in [1.807, 2.05) is 4.90 Å². The van der Waals surface area contributed by atoms with Crippen LogP contribution in [0.25, 0.3) is 11.3 Å². The Kier molecular flexibility index (Phi) is 8.25. The smallest absolute Gasteiger partial charge is 0.276 e. The van der Waals surface area contributed by atoms with Gasteiger partial charge in [-0.2, -0.15) is 0 Å². The SMILES string of the molecule is COc1ccc(OC)c(-c2cc(C(=O)N(CCC(=O)N3CCN(C)CC3)CC3CCCO3)no2)c1. The average molecular weight is 487 g/mol. The summed E-state index contributed by atoms with van der Waals surface area (Å²) in [4.78, 5) is 32.0. The van der Waals surface area contributed by atoms with Crippen LogP contribution in [0.3, 0.4) is 0 Å². The molecule has 0 aliphatic carbocycles. The Morgan fingerprint density at radius 1 is 1.14 bits per heavy atom. The van der Waals surface area contributed by atoms with Gasteiger partial charge in [-0.05, 0) is 38.1 Å². The zero-order valence-corrected chi connectivity index (χ0v) is 20.7. The zero-order chi connectivity index (χ0) is 24.8. The lowest BCUT2D eigenvalue weighted by Crippen LogP contribution is -2.48. The highest BCUT2D eigenvalue weighted by molar-refractivity contribution is 5.93. The Bertz CT molecular complexity index is 1010. The van der Waals surface area contributed by atoms with Crippen LogP contribution in [0, 0.1) is 0 Å². The second kappa shape index (κ2) is 11.5. The molecule has 2 aliphatic rings. The third-order valence-electron chi connectivity index (χ3n) is 6.59. The molecule has 190 valence electrons. The second-order valence-electron chi connectivity index (χ2n) is 8.96. The third kappa shape index (κ3) is 6.12. The van der Waals surface area contributed by atoms with E-state index in [9.17, 15) is 9.59 Å². The van der Waals surface area contributed by atoms with Gasteiger partial charge in [0, 0.05) is 58.4 Å². The van der Waals surface area contributed by atoms with Gasteiger partial charge >= 0.3 is 0 Å². The largest absolute Gasteiger partial charge is 0.497 e. The molecule has 2 fully saturated rings. The van der Waals surface area contributed by atoms with Crippen LogP contribution in [-0.4, -0.2) is 105 Å². The van der Waals surface area contributed by atoms with E-state index < -0.39 is 0 Å². The van der Waals surface area contributed by atoms with Gasteiger partial charge in [-0.1, -0.05) is 5.16 Å². The summed E-state index contributed by atoms with van der Waals surface area (Å²) in [5.41, 5.74) is 0.809. The number of aromatic nitrogens is 1. The molecule has 0 radical (unpaired) electrons. The summed E-state index contributed by atoms with van der Waals surface area (Å²) in [5, 5.41) is 4.04. The first-order valence-electron chi connectivity index (χ1n) is 12.0. The van der Waals surface area contributed by atoms with Gasteiger partial charge in [0.25, 0.3) is 5.91 Å². The number of carbonyl (C=O) groups excluding carboxylic acids is 2. The molecule has 0 N–H and O–H groups in total. The van der Waals surface area contributed by atoms with E-state index in [1.54, 1.807) is 43.4 Å². The fourth-order valence-corrected chi connectivity index (χ4v) is 4.43. The van der Waals surface area contributed by atoms with Gasteiger partial charge in [-0.25, -0.2) is 0 Å². The summed E-state index contributed by atoms with van der Waals surface area (Å²) in [5.74, 6) is 1.38. The van der Waals surface area contributed by atoms with Gasteiger partial charge in [0.2, 0.25) is 5.91 Å². The van der Waals surface area contributed by atoms with Crippen molar-refractivity contribution in [2.24, 2.45) is 0 Å². The number of amides is 2. The average Bonchev–Trinajstić information content (AvgIpc) is 3.58. The molecule has 10 nitrogen and oxygen atoms in total. The minimum absolute atomic E-state index is 0.0393. The van der Waals surface area contributed by atoms with Crippen LogP contribution in [0.5, 0.6) is 11.5 Å². The number of hydrogen-bond acceptors (Lipinski definition) is 8. The molecule has 0 spiro atoms. The van der Waals surface area contributed by atoms with Crippen LogP contribution in [0.15, 0.2) is 28.8 Å². The van der Waals surface area contributed by atoms with Gasteiger partial charge in [-0.3, -0.25) is 9.59 Å². The summed E-state index contributed by atoms with van der Waals surface area (Å²) in [6.07, 6.45) is 2.08. The zero-order valence-electron chi connectivity index (χ0n) is 20.7. The molecule has 0 bridgehead atoms. The number of benzene rings is 1. The maximum Gasteiger partial charge on any atom is 0.276 e. The van der Waals surface area contributed by atoms with Crippen molar-refractivity contribution in [1.29, 1.82) is 0 Å². The lowest BCUT2D eigenvalue weighted by atomic mass is 10.1. The first kappa shape index (κ1) is 25.0. The van der Waals surface area contributed by atoms with Crippen LogP contribution in [0.4, 0.5) is 0 Å². The van der Waals surface area contributed by atoms with E-state index in [-0.39, 0.29) is 30.0 Å². The summed E-state index contributed by atoms with van der Waals surface area (Å²) in [6, 6.07) is 6.92. The molecular weight excluding hydrogens is 452 g/mol. The molecule has 2 saturated heterocycles. The molecule has 1 unspecified atom stereocenters. The molecule has 2 amide bonds. The Labute approximate surface area is 205 Å². The van der Waals surface area contributed by atoms with Gasteiger partial charge < -0.3 is 33.4 Å². The van der Waals surface area contributed by atoms with Crippen molar-refractivity contribution in [3.63, 3.8) is 0 Å². The van der Waals surface area contributed by atoms with Crippen LogP contribution < -0.4 is 9.47 Å². The molecule has 1 atom stereocenters. The number of carbonyl (C=O) groups is 2. The van der Waals surface area contributed by atoms with E-state index in [2.05, 4.69) is 17.1 Å². The van der Waals surface area contributed by atoms with E-state index >= 15 is 0 Å². The summed E-state index contributed by atoms with van der Waals surface area (Å²) in [6.45, 7) is 4.55. The number of likely N-dealkylation sites (N-methyl/N-ethyl adjacent to an activating group) is 1. The summed E-state index contributed by atoms with van der Waals surface area (Å²) >= 11 is 0. The van der Waals surface area contributed by atoms with Crippen molar-refractivity contribution in [2.75, 3.05) is 67.1 Å². The van der Waals surface area contributed by atoms with E-state index in [4.69, 9.17) is 18.7 Å². The first-order valence-corrected chi connectivity index (χ1v) is 12.0. The van der Waals surface area contributed by atoms with Crippen LogP contribution in [0.1, 0.15) is 29.8 Å². The van der Waals surface area contributed by atoms with Crippen molar-refractivity contribution in [1.82, 2.24) is 19.9 Å². The van der Waals surface area contributed by atoms with Crippen LogP contribution in [-0.2, 0) is 9.53 Å². The van der Waals surface area contributed by atoms with Gasteiger partial charge in [-0.15, -0.1) is 0 Å². The van der Waals surface area contributed by atoms with Gasteiger partial charge in [0.15, 0.2) is 11.5 Å². The number of ether oxygens (including phenoxy) is 3. The number of piperazine rings is 1. The quantitative estimate of drug-likeness (QED) is 0.532. The number of methoxy groups -OCH3 is 2. The van der Waals surface area contributed by atoms with Crippen molar-refractivity contribution in [3.05, 3.63) is 30.0 Å². The third-order valence-corrected chi connectivity index (χ3v) is 6.59. The second-order valence-corrected chi connectivity index (χ2v) is 8.96. The minimum atomic E-state index is -0.288. The Morgan fingerprint density at radius 2 is 1.94 bits per heavy atom. The molecule has 10 heteroatoms. The predicted molar refractivity (Wildman–Crippen MR) is 129 cm³/mol. The molecule has 35 heavy (non-hydrogen) atoms. The van der Waals surface area contributed by atoms with Crippen molar-refractivity contribution in [2.45, 2.75) is 25.4 Å². The Morgan fingerprint density at radius 3 is 2.63 bits per heavy atom. The van der Waals surface area contributed by atoms with Crippen molar-refractivity contribution >= 4 is 11.8 Å². The number of hydrogen-bond donors (Lipinski definition) is 0. The summed E-state index contributed by atoms with van der Waals surface area (Å²) < 4.78 is 22.0. The van der Waals surface area contributed by atoms with Gasteiger partial charge in [0.1, 0.15) is 11.5 Å². The lowest BCUT2D eigenvalue weighted by Gasteiger charge is -2.33. The molecular formula is C25H34N4O6. The minimum Gasteiger partial charge on any atom is -0.497 e. The lowest BCUT2D eigenvalue weighted by molar-refractivity contribution is -0.133. The molecule has 2 aliphatic heterocycles. The molecule has 2 aromatic rings. The van der Waals surface area contributed by atoms with Gasteiger partial charge in [0.05, 0.1) is 25.9 Å². The Balaban J connectivity index is 1.48. The summed E-state index contributed by atoms with van der Waals surface area (Å²) in [7, 11) is 5.19. The first-order chi connectivity index (χ1) is 17.0. The van der Waals surface area contributed by atoms with Crippen molar-refractivity contribution < 1.29 is 28.3 Å². The monoisotopic (exact) mass is 486 g/mol. The number of rotatable bonds is 9. The highest BCUT2D eigenvalue weighted by Crippen LogP contribution is 2.34. The highest BCUT2D eigenvalue weighted by Gasteiger charge is 2.28.